The van der Waals surface area contributed by atoms with Gasteiger partial charge in [-0.05, 0) is 38.9 Å². The van der Waals surface area contributed by atoms with E-state index in [9.17, 15) is 4.79 Å². The fraction of sp³-hybridized carbons (Fsp3) is 0.636. The topological polar surface area (TPSA) is 38.1 Å². The minimum absolute atomic E-state index is 0.530. The van der Waals surface area contributed by atoms with Crippen LogP contribution < -0.4 is 0 Å². The lowest BCUT2D eigenvalue weighted by Crippen LogP contribution is -2.31. The molecule has 4 heteroatoms. The predicted octanol–water partition coefficient (Wildman–Crippen LogP) is 1.04. The molecular formula is C11H17N3O. The molecule has 0 bridgehead atoms. The van der Waals surface area contributed by atoms with E-state index in [0.29, 0.717) is 5.69 Å². The molecule has 0 aromatic carbocycles. The molecule has 0 atom stereocenters. The van der Waals surface area contributed by atoms with Crippen molar-refractivity contribution in [2.45, 2.75) is 19.4 Å². The molecule has 1 aliphatic rings. The molecule has 1 fully saturated rings. The Morgan fingerprint density at radius 1 is 1.53 bits per heavy atom. The summed E-state index contributed by atoms with van der Waals surface area (Å²) in [7, 11) is 2.16. The van der Waals surface area contributed by atoms with Gasteiger partial charge in [0, 0.05) is 12.7 Å². The Hall–Kier alpha value is -1.16. The first-order chi connectivity index (χ1) is 7.28. The number of likely N-dealkylation sites (tertiary alicyclic amines) is 1. The maximum atomic E-state index is 10.5. The maximum Gasteiger partial charge on any atom is 0.169 e. The van der Waals surface area contributed by atoms with Crippen molar-refractivity contribution in [3.8, 4) is 0 Å². The summed E-state index contributed by atoms with van der Waals surface area (Å²) in [6.45, 7) is 3.36. The highest BCUT2D eigenvalue weighted by Gasteiger charge is 2.16. The minimum atomic E-state index is 0.530. The van der Waals surface area contributed by atoms with Crippen molar-refractivity contribution in [2.24, 2.45) is 5.92 Å². The second-order valence-corrected chi connectivity index (χ2v) is 4.36. The van der Waals surface area contributed by atoms with Crippen LogP contribution in [0.5, 0.6) is 0 Å². The zero-order valence-electron chi connectivity index (χ0n) is 9.09. The van der Waals surface area contributed by atoms with Crippen LogP contribution in [0.2, 0.25) is 0 Å². The van der Waals surface area contributed by atoms with Crippen molar-refractivity contribution >= 4 is 6.29 Å². The summed E-state index contributed by atoms with van der Waals surface area (Å²) >= 11 is 0. The van der Waals surface area contributed by atoms with Crippen molar-refractivity contribution in [2.75, 3.05) is 20.1 Å². The third-order valence-corrected chi connectivity index (χ3v) is 3.08. The second kappa shape index (κ2) is 4.57. The van der Waals surface area contributed by atoms with Crippen LogP contribution in [0.1, 0.15) is 23.3 Å². The zero-order valence-corrected chi connectivity index (χ0v) is 9.09. The monoisotopic (exact) mass is 207 g/mol. The number of carbonyl (C=O) groups is 1. The molecule has 0 spiro atoms. The number of piperidine rings is 1. The van der Waals surface area contributed by atoms with Crippen LogP contribution in [0.4, 0.5) is 0 Å². The Balaban J connectivity index is 1.88. The van der Waals surface area contributed by atoms with Crippen LogP contribution in [0.15, 0.2) is 12.5 Å². The average molecular weight is 207 g/mol. The molecule has 0 amide bonds. The van der Waals surface area contributed by atoms with Gasteiger partial charge in [0.15, 0.2) is 6.29 Å². The molecule has 2 heterocycles. The lowest BCUT2D eigenvalue weighted by Gasteiger charge is -2.28. The first-order valence-electron chi connectivity index (χ1n) is 5.43. The van der Waals surface area contributed by atoms with Crippen LogP contribution in [0, 0.1) is 5.92 Å². The number of imidazole rings is 1. The highest BCUT2D eigenvalue weighted by Crippen LogP contribution is 2.17. The van der Waals surface area contributed by atoms with Crippen molar-refractivity contribution in [1.82, 2.24) is 14.5 Å². The highest BCUT2D eigenvalue weighted by atomic mass is 16.1. The van der Waals surface area contributed by atoms with Gasteiger partial charge >= 0.3 is 0 Å². The van der Waals surface area contributed by atoms with E-state index in [0.717, 1.165) is 18.7 Å². The Labute approximate surface area is 89.9 Å². The number of nitrogens with zero attached hydrogens (tertiary/aromatic N) is 3. The molecule has 0 unspecified atom stereocenters. The van der Waals surface area contributed by atoms with E-state index in [1.54, 1.807) is 6.33 Å². The van der Waals surface area contributed by atoms with E-state index in [2.05, 4.69) is 16.9 Å². The molecular weight excluding hydrogens is 190 g/mol. The number of aldehydes is 1. The average Bonchev–Trinajstić information content (AvgIpc) is 2.69. The molecule has 0 aliphatic carbocycles. The fourth-order valence-corrected chi connectivity index (χ4v) is 2.08. The van der Waals surface area contributed by atoms with Gasteiger partial charge in [-0.2, -0.15) is 0 Å². The Bertz CT molecular complexity index is 326. The van der Waals surface area contributed by atoms with Gasteiger partial charge in [0.2, 0.25) is 0 Å². The van der Waals surface area contributed by atoms with E-state index in [-0.39, 0.29) is 0 Å². The number of hydrogen-bond acceptors (Lipinski definition) is 3. The van der Waals surface area contributed by atoms with Crippen molar-refractivity contribution in [1.29, 1.82) is 0 Å². The third kappa shape index (κ3) is 2.65. The van der Waals surface area contributed by atoms with E-state index < -0.39 is 0 Å². The number of hydrogen-bond donors (Lipinski definition) is 0. The van der Waals surface area contributed by atoms with Gasteiger partial charge in [0.25, 0.3) is 0 Å². The molecule has 1 aromatic rings. The van der Waals surface area contributed by atoms with Gasteiger partial charge in [0.05, 0.1) is 6.33 Å². The molecule has 0 saturated carbocycles. The summed E-state index contributed by atoms with van der Waals surface area (Å²) in [5, 5.41) is 0. The lowest BCUT2D eigenvalue weighted by atomic mass is 9.97. The molecule has 0 radical (unpaired) electrons. The van der Waals surface area contributed by atoms with Crippen LogP contribution in [0.25, 0.3) is 0 Å². The van der Waals surface area contributed by atoms with E-state index in [1.165, 1.54) is 25.9 Å². The third-order valence-electron chi connectivity index (χ3n) is 3.08. The normalized spacial score (nSPS) is 19.3. The van der Waals surface area contributed by atoms with Gasteiger partial charge < -0.3 is 9.47 Å². The first kappa shape index (κ1) is 10.4. The van der Waals surface area contributed by atoms with E-state index >= 15 is 0 Å². The van der Waals surface area contributed by atoms with E-state index in [1.807, 2.05) is 10.8 Å². The summed E-state index contributed by atoms with van der Waals surface area (Å²) in [6, 6.07) is 0. The largest absolute Gasteiger partial charge is 0.336 e. The van der Waals surface area contributed by atoms with E-state index in [4.69, 9.17) is 0 Å². The Kier molecular flexibility index (Phi) is 3.16. The van der Waals surface area contributed by atoms with Crippen molar-refractivity contribution in [3.05, 3.63) is 18.2 Å². The summed E-state index contributed by atoms with van der Waals surface area (Å²) < 4.78 is 2.03. The zero-order chi connectivity index (χ0) is 10.7. The summed E-state index contributed by atoms with van der Waals surface area (Å²) in [5.41, 5.74) is 0.530. The van der Waals surface area contributed by atoms with Gasteiger partial charge in [-0.25, -0.2) is 4.98 Å². The maximum absolute atomic E-state index is 10.5. The van der Waals surface area contributed by atoms with Gasteiger partial charge in [0.1, 0.15) is 5.69 Å². The van der Waals surface area contributed by atoms with Crippen molar-refractivity contribution in [3.63, 3.8) is 0 Å². The van der Waals surface area contributed by atoms with Gasteiger partial charge in [-0.15, -0.1) is 0 Å². The molecule has 82 valence electrons. The van der Waals surface area contributed by atoms with Crippen molar-refractivity contribution < 1.29 is 4.79 Å². The van der Waals surface area contributed by atoms with Crippen LogP contribution in [0.3, 0.4) is 0 Å². The quantitative estimate of drug-likeness (QED) is 0.695. The van der Waals surface area contributed by atoms with Crippen LogP contribution in [-0.4, -0.2) is 40.9 Å². The number of carbonyl (C=O) groups excluding carboxylic acids is 1. The summed E-state index contributed by atoms with van der Waals surface area (Å²) in [6.07, 6.45) is 6.86. The Morgan fingerprint density at radius 3 is 2.87 bits per heavy atom. The summed E-state index contributed by atoms with van der Waals surface area (Å²) in [4.78, 5) is 16.8. The summed E-state index contributed by atoms with van der Waals surface area (Å²) in [5.74, 6) is 0.731. The molecule has 1 aliphatic heterocycles. The molecule has 2 rings (SSSR count). The predicted molar refractivity (Wildman–Crippen MR) is 57.8 cm³/mol. The molecule has 0 N–H and O–H groups in total. The number of aromatic nitrogens is 2. The first-order valence-corrected chi connectivity index (χ1v) is 5.43. The van der Waals surface area contributed by atoms with Gasteiger partial charge in [-0.3, -0.25) is 4.79 Å². The molecule has 15 heavy (non-hydrogen) atoms. The van der Waals surface area contributed by atoms with Crippen LogP contribution in [-0.2, 0) is 6.54 Å². The standard InChI is InChI=1S/C11H17N3O/c1-13-4-2-10(3-5-13)6-14-7-11(8-15)12-9-14/h7-10H,2-6H2,1H3. The molecule has 1 saturated heterocycles. The molecule has 1 aromatic heterocycles. The lowest BCUT2D eigenvalue weighted by molar-refractivity contribution is 0.111. The highest BCUT2D eigenvalue weighted by molar-refractivity contribution is 5.70. The Morgan fingerprint density at radius 2 is 2.27 bits per heavy atom. The minimum Gasteiger partial charge on any atom is -0.336 e. The SMILES string of the molecule is CN1CCC(Cn2cnc(C=O)c2)CC1. The van der Waals surface area contributed by atoms with Gasteiger partial charge in [-0.1, -0.05) is 0 Å². The second-order valence-electron chi connectivity index (χ2n) is 4.36. The molecule has 4 nitrogen and oxygen atoms in total. The fourth-order valence-electron chi connectivity index (χ4n) is 2.08. The smallest absolute Gasteiger partial charge is 0.169 e. The number of rotatable bonds is 3. The van der Waals surface area contributed by atoms with Crippen LogP contribution >= 0.6 is 0 Å².